The zero-order valence-corrected chi connectivity index (χ0v) is 68.5. The van der Waals surface area contributed by atoms with Crippen LogP contribution in [0.25, 0.3) is 51.5 Å². The molecular formula is C90H147N9O12. The van der Waals surface area contributed by atoms with E-state index in [9.17, 15) is 30.6 Å². The highest BCUT2D eigenvalue weighted by Gasteiger charge is 2.27. The van der Waals surface area contributed by atoms with Crippen LogP contribution < -0.4 is 28.4 Å². The van der Waals surface area contributed by atoms with Gasteiger partial charge in [-0.3, -0.25) is 0 Å². The normalized spacial score (nSPS) is 11.7. The Morgan fingerprint density at radius 1 is 0.180 bits per heavy atom. The summed E-state index contributed by atoms with van der Waals surface area (Å²) in [4.78, 5) is 0. The van der Waals surface area contributed by atoms with E-state index in [1.807, 2.05) is 67.8 Å². The number of aromatic nitrogens is 9. The molecule has 3 aromatic carbocycles. The Morgan fingerprint density at radius 2 is 0.333 bits per heavy atom. The zero-order chi connectivity index (χ0) is 77.9. The molecule has 0 atom stereocenters. The SMILES string of the molecule is OCCCCCCCCCCCOc1ccc(-c2nnc3n2c2nnc(-c4ccc(OCCCCCCCCCCCO)c(OCCCCCCCCCCCO)c4)n2c2nnc(-c4ccc(OCCCCCCCCCCCO)c(OCCCCCCCCCCCO)c4)n32)cc1OCCCCCCCCCCCO. The molecule has 0 bridgehead atoms. The molecule has 7 aromatic rings. The molecule has 0 aliphatic heterocycles. The van der Waals surface area contributed by atoms with Gasteiger partial charge < -0.3 is 59.1 Å². The van der Waals surface area contributed by atoms with E-state index >= 15 is 0 Å². The van der Waals surface area contributed by atoms with Gasteiger partial charge in [0.05, 0.1) is 39.6 Å². The van der Waals surface area contributed by atoms with Crippen LogP contribution in [0.3, 0.4) is 0 Å². The summed E-state index contributed by atoms with van der Waals surface area (Å²) >= 11 is 0. The van der Waals surface area contributed by atoms with E-state index in [2.05, 4.69) is 0 Å². The molecule has 21 nitrogen and oxygen atoms in total. The molecule has 0 unspecified atom stereocenters. The van der Waals surface area contributed by atoms with E-state index in [1.54, 1.807) is 0 Å². The van der Waals surface area contributed by atoms with Crippen LogP contribution in [0.1, 0.15) is 347 Å². The molecule has 0 saturated heterocycles. The smallest absolute Gasteiger partial charge is 0.247 e. The summed E-state index contributed by atoms with van der Waals surface area (Å²) in [7, 11) is 0. The van der Waals surface area contributed by atoms with Gasteiger partial charge in [-0.15, -0.1) is 30.6 Å². The molecule has 4 aromatic heterocycles. The number of hydrogen-bond acceptors (Lipinski definition) is 18. The van der Waals surface area contributed by atoms with Gasteiger partial charge in [-0.05, 0) is 132 Å². The quantitative estimate of drug-likeness (QED) is 0.0193. The van der Waals surface area contributed by atoms with Crippen LogP contribution >= 0.6 is 0 Å². The summed E-state index contributed by atoms with van der Waals surface area (Å²) in [5, 5.41) is 85.5. The highest BCUT2D eigenvalue weighted by Crippen LogP contribution is 2.39. The van der Waals surface area contributed by atoms with Gasteiger partial charge in [0, 0.05) is 56.3 Å². The van der Waals surface area contributed by atoms with Crippen LogP contribution in [0.15, 0.2) is 54.6 Å². The fraction of sp³-hybridized carbons (Fsp3) is 0.733. The van der Waals surface area contributed by atoms with E-state index in [1.165, 1.54) is 154 Å². The maximum Gasteiger partial charge on any atom is 0.247 e. The van der Waals surface area contributed by atoms with Crippen molar-refractivity contribution < 1.29 is 59.1 Å². The Morgan fingerprint density at radius 3 is 0.505 bits per heavy atom. The van der Waals surface area contributed by atoms with Gasteiger partial charge in [0.15, 0.2) is 52.0 Å². The van der Waals surface area contributed by atoms with E-state index in [-0.39, 0.29) is 39.6 Å². The Hall–Kier alpha value is -6.36. The molecular weight excluding hydrogens is 1400 g/mol. The molecule has 0 fully saturated rings. The lowest BCUT2D eigenvalue weighted by atomic mass is 10.1. The lowest BCUT2D eigenvalue weighted by Gasteiger charge is -2.15. The first-order chi connectivity index (χ1) is 55.0. The number of ether oxygens (including phenoxy) is 6. The van der Waals surface area contributed by atoms with Crippen molar-refractivity contribution in [3.63, 3.8) is 0 Å². The fourth-order valence-corrected chi connectivity index (χ4v) is 14.8. The minimum absolute atomic E-state index is 0.270. The largest absolute Gasteiger partial charge is 0.490 e. The molecule has 7 rings (SSSR count). The first kappa shape index (κ1) is 91.8. The van der Waals surface area contributed by atoms with Crippen molar-refractivity contribution in [2.75, 3.05) is 79.3 Å². The van der Waals surface area contributed by atoms with Crippen LogP contribution in [-0.2, 0) is 0 Å². The van der Waals surface area contributed by atoms with Crippen LogP contribution in [0.4, 0.5) is 0 Å². The van der Waals surface area contributed by atoms with Gasteiger partial charge in [0.25, 0.3) is 0 Å². The predicted octanol–water partition coefficient (Wildman–Crippen LogP) is 21.1. The summed E-state index contributed by atoms with van der Waals surface area (Å²) in [6, 6.07) is 18.2. The van der Waals surface area contributed by atoms with Crippen molar-refractivity contribution in [2.24, 2.45) is 0 Å². The monoisotopic (exact) mass is 1550 g/mol. The highest BCUT2D eigenvalue weighted by molar-refractivity contribution is 5.74. The lowest BCUT2D eigenvalue weighted by Crippen LogP contribution is -2.08. The van der Waals surface area contributed by atoms with Crippen molar-refractivity contribution >= 4 is 17.3 Å². The van der Waals surface area contributed by atoms with Crippen LogP contribution in [0.5, 0.6) is 34.5 Å². The number of nitrogens with zero attached hydrogens (tertiary/aromatic N) is 9. The summed E-state index contributed by atoms with van der Waals surface area (Å²) < 4.78 is 46.0. The fourth-order valence-electron chi connectivity index (χ4n) is 14.8. The van der Waals surface area contributed by atoms with Gasteiger partial charge in [0.2, 0.25) is 17.3 Å². The Balaban J connectivity index is 1.24. The highest BCUT2D eigenvalue weighted by atomic mass is 16.5. The Bertz CT molecular complexity index is 3070. The molecule has 111 heavy (non-hydrogen) atoms. The summed E-state index contributed by atoms with van der Waals surface area (Å²) in [5.74, 6) is 6.83. The van der Waals surface area contributed by atoms with Crippen molar-refractivity contribution in [3.05, 3.63) is 54.6 Å². The minimum atomic E-state index is 0.270. The minimum Gasteiger partial charge on any atom is -0.490 e. The molecule has 0 spiro atoms. The summed E-state index contributed by atoms with van der Waals surface area (Å²) in [5.41, 5.74) is 2.25. The topological polar surface area (TPSA) is 267 Å². The van der Waals surface area contributed by atoms with E-state index in [0.29, 0.717) is 109 Å². The number of aliphatic hydroxyl groups is 6. The molecule has 0 saturated carbocycles. The van der Waals surface area contributed by atoms with Gasteiger partial charge in [0.1, 0.15) is 0 Å². The first-order valence-corrected chi connectivity index (χ1v) is 44.8. The molecule has 0 aliphatic carbocycles. The molecule has 624 valence electrons. The number of rotatable bonds is 75. The molecule has 0 radical (unpaired) electrons. The summed E-state index contributed by atoms with van der Waals surface area (Å²) in [6.45, 7) is 4.94. The Kier molecular flexibility index (Phi) is 49.8. The first-order valence-electron chi connectivity index (χ1n) is 44.8. The van der Waals surface area contributed by atoms with E-state index < -0.39 is 0 Å². The number of benzene rings is 3. The molecule has 0 amide bonds. The van der Waals surface area contributed by atoms with Gasteiger partial charge in [-0.2, -0.15) is 0 Å². The number of fused-ring (bicyclic) bond motifs is 6. The number of unbranched alkanes of at least 4 members (excludes halogenated alkanes) is 48. The number of hydrogen-bond donors (Lipinski definition) is 6. The van der Waals surface area contributed by atoms with Gasteiger partial charge in [-0.1, -0.05) is 270 Å². The van der Waals surface area contributed by atoms with Crippen LogP contribution in [-0.4, -0.2) is 154 Å². The average molecular weight is 1550 g/mol. The second kappa shape index (κ2) is 60.2. The average Bonchev–Trinajstić information content (AvgIpc) is 1.55. The van der Waals surface area contributed by atoms with Crippen molar-refractivity contribution in [3.8, 4) is 68.7 Å². The number of aliphatic hydroxyl groups excluding tert-OH is 6. The molecule has 21 heteroatoms. The van der Waals surface area contributed by atoms with Gasteiger partial charge in [-0.25, -0.2) is 13.2 Å². The predicted molar refractivity (Wildman–Crippen MR) is 447 cm³/mol. The van der Waals surface area contributed by atoms with Crippen molar-refractivity contribution in [2.45, 2.75) is 347 Å². The Labute approximate surface area is 666 Å². The molecule has 0 aliphatic rings. The third kappa shape index (κ3) is 35.5. The van der Waals surface area contributed by atoms with Crippen molar-refractivity contribution in [1.29, 1.82) is 0 Å². The zero-order valence-electron chi connectivity index (χ0n) is 68.5. The molecule has 4 heterocycles. The maximum atomic E-state index is 9.24. The summed E-state index contributed by atoms with van der Waals surface area (Å²) in [6.07, 6.45) is 59.4. The van der Waals surface area contributed by atoms with Gasteiger partial charge >= 0.3 is 0 Å². The second-order valence-corrected chi connectivity index (χ2v) is 31.0. The van der Waals surface area contributed by atoms with Crippen LogP contribution in [0, 0.1) is 0 Å². The maximum absolute atomic E-state index is 9.24. The van der Waals surface area contributed by atoms with E-state index in [4.69, 9.17) is 59.0 Å². The van der Waals surface area contributed by atoms with Crippen LogP contribution in [0.2, 0.25) is 0 Å². The van der Waals surface area contributed by atoms with Crippen molar-refractivity contribution in [1.82, 2.24) is 43.8 Å². The lowest BCUT2D eigenvalue weighted by molar-refractivity contribution is 0.258. The molecule has 6 N–H and O–H groups in total. The third-order valence-corrected chi connectivity index (χ3v) is 21.5. The standard InChI is InChI=1S/C90H147N9O12/c100-61-43-31-19-7-1-13-25-37-49-67-106-79-58-55-76(73-82(79)109-70-52-40-28-16-4-10-22-34-46-64-103)85-91-94-88-97(85)89-95-92-86(77-56-59-80(107-68-50-38-26-14-2-8-20-32-44-62-101)83(74-77)110-71-53-41-29-17-5-11-23-35-47-65-104)99(89)90-96-93-87(98(88)90)78-57-60-81(108-69-51-39-27-15-3-9-21-33-45-63-102)84(75-78)111-72-54-42-30-18-6-12-24-36-48-66-105/h55-60,73-75,100-105H,1-54,61-72H2. The van der Waals surface area contributed by atoms with E-state index in [0.717, 1.165) is 209 Å². The second-order valence-electron chi connectivity index (χ2n) is 31.0. The third-order valence-electron chi connectivity index (χ3n) is 21.5.